The maximum Gasteiger partial charge on any atom is 0.340 e. The molecule has 0 radical (unpaired) electrons. The molecular formula is C22H26N2O4. The van der Waals surface area contributed by atoms with Crippen LogP contribution in [0.25, 0.3) is 0 Å². The molecule has 0 saturated heterocycles. The zero-order valence-corrected chi connectivity index (χ0v) is 16.3. The van der Waals surface area contributed by atoms with Crippen LogP contribution in [-0.4, -0.2) is 30.9 Å². The van der Waals surface area contributed by atoms with Crippen LogP contribution in [-0.2, 0) is 4.74 Å². The van der Waals surface area contributed by atoms with Gasteiger partial charge in [0.2, 0.25) is 0 Å². The summed E-state index contributed by atoms with van der Waals surface area (Å²) in [6, 6.07) is 13.1. The third-order valence-electron chi connectivity index (χ3n) is 4.12. The normalized spacial score (nSPS) is 10.2. The van der Waals surface area contributed by atoms with Crippen LogP contribution in [0.3, 0.4) is 0 Å². The van der Waals surface area contributed by atoms with Crippen LogP contribution in [0, 0.1) is 0 Å². The molecule has 2 N–H and O–H groups in total. The van der Waals surface area contributed by atoms with Gasteiger partial charge in [-0.1, -0.05) is 38.0 Å². The van der Waals surface area contributed by atoms with E-state index < -0.39 is 11.9 Å². The minimum atomic E-state index is -0.501. The molecule has 2 rings (SSSR count). The van der Waals surface area contributed by atoms with E-state index in [1.54, 1.807) is 49.4 Å². The van der Waals surface area contributed by atoms with Gasteiger partial charge in [-0.2, -0.15) is 0 Å². The highest BCUT2D eigenvalue weighted by Gasteiger charge is 2.16. The van der Waals surface area contributed by atoms with Crippen LogP contribution in [0.1, 0.15) is 64.2 Å². The number of amides is 2. The number of hydrogen-bond donors (Lipinski definition) is 2. The summed E-state index contributed by atoms with van der Waals surface area (Å²) in [4.78, 5) is 36.9. The minimum absolute atomic E-state index is 0.210. The van der Waals surface area contributed by atoms with Gasteiger partial charge < -0.3 is 15.4 Å². The van der Waals surface area contributed by atoms with Gasteiger partial charge in [-0.3, -0.25) is 9.59 Å². The Balaban J connectivity index is 2.09. The summed E-state index contributed by atoms with van der Waals surface area (Å²) in [6.07, 6.45) is 3.06. The predicted molar refractivity (Wildman–Crippen MR) is 109 cm³/mol. The standard InChI is InChI=1S/C22H26N2O4/c1-3-5-8-14-23-20(25)16-10-9-11-17(15-16)21(26)24-19-13-7-6-12-18(19)22(27)28-4-2/h6-7,9-13,15H,3-5,8,14H2,1-2H3,(H,23,25)(H,24,26). The second-order valence-corrected chi connectivity index (χ2v) is 6.26. The molecule has 0 fully saturated rings. The molecule has 0 heterocycles. The van der Waals surface area contributed by atoms with E-state index in [1.807, 2.05) is 0 Å². The maximum absolute atomic E-state index is 12.6. The van der Waals surface area contributed by atoms with Gasteiger partial charge in [0.1, 0.15) is 0 Å². The highest BCUT2D eigenvalue weighted by molar-refractivity contribution is 6.09. The van der Waals surface area contributed by atoms with Crippen molar-refractivity contribution < 1.29 is 19.1 Å². The third-order valence-corrected chi connectivity index (χ3v) is 4.12. The number of benzene rings is 2. The summed E-state index contributed by atoms with van der Waals surface area (Å²) in [5.41, 5.74) is 1.39. The lowest BCUT2D eigenvalue weighted by atomic mass is 10.1. The topological polar surface area (TPSA) is 84.5 Å². The molecule has 2 amide bonds. The van der Waals surface area contributed by atoms with E-state index in [4.69, 9.17) is 4.74 Å². The van der Waals surface area contributed by atoms with Gasteiger partial charge >= 0.3 is 5.97 Å². The van der Waals surface area contributed by atoms with Crippen LogP contribution in [0.5, 0.6) is 0 Å². The number of anilines is 1. The number of para-hydroxylation sites is 1. The summed E-state index contributed by atoms with van der Waals surface area (Å²) in [6.45, 7) is 4.68. The first kappa shape index (κ1) is 21.2. The van der Waals surface area contributed by atoms with Crippen molar-refractivity contribution in [1.29, 1.82) is 0 Å². The van der Waals surface area contributed by atoms with Gasteiger partial charge in [0.05, 0.1) is 17.9 Å². The molecule has 0 aliphatic carbocycles. The summed E-state index contributed by atoms with van der Waals surface area (Å²) >= 11 is 0. The van der Waals surface area contributed by atoms with Crippen LogP contribution >= 0.6 is 0 Å². The SMILES string of the molecule is CCCCCNC(=O)c1cccc(C(=O)Nc2ccccc2C(=O)OCC)c1. The van der Waals surface area contributed by atoms with E-state index in [1.165, 1.54) is 6.07 Å². The first-order valence-corrected chi connectivity index (χ1v) is 9.52. The summed E-state index contributed by atoms with van der Waals surface area (Å²) in [5, 5.41) is 5.58. The fraction of sp³-hybridized carbons (Fsp3) is 0.318. The van der Waals surface area contributed by atoms with E-state index in [0.29, 0.717) is 23.4 Å². The predicted octanol–water partition coefficient (Wildman–Crippen LogP) is 4.04. The molecule has 2 aromatic carbocycles. The van der Waals surface area contributed by atoms with Gasteiger partial charge in [0.25, 0.3) is 11.8 Å². The Hall–Kier alpha value is -3.15. The van der Waals surface area contributed by atoms with Gasteiger partial charge in [0, 0.05) is 17.7 Å². The Morgan fingerprint density at radius 2 is 1.61 bits per heavy atom. The Morgan fingerprint density at radius 3 is 2.32 bits per heavy atom. The molecular weight excluding hydrogens is 356 g/mol. The van der Waals surface area contributed by atoms with Crippen molar-refractivity contribution in [2.24, 2.45) is 0 Å². The van der Waals surface area contributed by atoms with Gasteiger partial charge in [-0.05, 0) is 43.7 Å². The average molecular weight is 382 g/mol. The molecule has 0 saturated carbocycles. The fourth-order valence-corrected chi connectivity index (χ4v) is 2.65. The number of unbranched alkanes of at least 4 members (excludes halogenated alkanes) is 2. The van der Waals surface area contributed by atoms with Crippen molar-refractivity contribution >= 4 is 23.5 Å². The fourth-order valence-electron chi connectivity index (χ4n) is 2.65. The minimum Gasteiger partial charge on any atom is -0.462 e. The molecule has 0 spiro atoms. The van der Waals surface area contributed by atoms with Gasteiger partial charge in [-0.15, -0.1) is 0 Å². The lowest BCUT2D eigenvalue weighted by molar-refractivity contribution is 0.0527. The molecule has 0 aliphatic rings. The van der Waals surface area contributed by atoms with Crippen molar-refractivity contribution in [3.05, 3.63) is 65.2 Å². The first-order chi connectivity index (χ1) is 13.6. The number of nitrogens with one attached hydrogen (secondary N) is 2. The summed E-state index contributed by atoms with van der Waals surface area (Å²) in [7, 11) is 0. The smallest absolute Gasteiger partial charge is 0.340 e. The molecule has 0 bridgehead atoms. The molecule has 28 heavy (non-hydrogen) atoms. The third kappa shape index (κ3) is 5.94. The van der Waals surface area contributed by atoms with E-state index in [9.17, 15) is 14.4 Å². The molecule has 2 aromatic rings. The molecule has 148 valence electrons. The number of carbonyl (C=O) groups is 3. The number of rotatable bonds is 9. The van der Waals surface area contributed by atoms with E-state index in [-0.39, 0.29) is 18.1 Å². The monoisotopic (exact) mass is 382 g/mol. The van der Waals surface area contributed by atoms with E-state index in [2.05, 4.69) is 17.6 Å². The maximum atomic E-state index is 12.6. The Labute approximate surface area is 165 Å². The average Bonchev–Trinajstić information content (AvgIpc) is 2.71. The van der Waals surface area contributed by atoms with Crippen molar-refractivity contribution in [2.45, 2.75) is 33.1 Å². The van der Waals surface area contributed by atoms with E-state index >= 15 is 0 Å². The number of hydrogen-bond acceptors (Lipinski definition) is 4. The Morgan fingerprint density at radius 1 is 0.893 bits per heavy atom. The molecule has 0 aromatic heterocycles. The molecule has 0 aliphatic heterocycles. The second kappa shape index (κ2) is 10.9. The highest BCUT2D eigenvalue weighted by atomic mass is 16.5. The molecule has 0 atom stereocenters. The summed E-state index contributed by atoms with van der Waals surface area (Å²) in [5.74, 6) is -1.12. The second-order valence-electron chi connectivity index (χ2n) is 6.26. The molecule has 0 unspecified atom stereocenters. The van der Waals surface area contributed by atoms with Crippen molar-refractivity contribution in [3.63, 3.8) is 0 Å². The zero-order valence-electron chi connectivity index (χ0n) is 16.3. The zero-order chi connectivity index (χ0) is 20.4. The van der Waals surface area contributed by atoms with Crippen LogP contribution in [0.15, 0.2) is 48.5 Å². The van der Waals surface area contributed by atoms with Crippen molar-refractivity contribution in [2.75, 3.05) is 18.5 Å². The van der Waals surface area contributed by atoms with Crippen molar-refractivity contribution in [1.82, 2.24) is 5.32 Å². The Bertz CT molecular complexity index is 833. The lowest BCUT2D eigenvalue weighted by Gasteiger charge is -2.11. The van der Waals surface area contributed by atoms with Crippen LogP contribution < -0.4 is 10.6 Å². The number of carbonyl (C=O) groups excluding carboxylic acids is 3. The highest BCUT2D eigenvalue weighted by Crippen LogP contribution is 2.18. The van der Waals surface area contributed by atoms with Crippen LogP contribution in [0.4, 0.5) is 5.69 Å². The molecule has 6 heteroatoms. The quantitative estimate of drug-likeness (QED) is 0.506. The lowest BCUT2D eigenvalue weighted by Crippen LogP contribution is -2.25. The van der Waals surface area contributed by atoms with Gasteiger partial charge in [0.15, 0.2) is 0 Å². The Kier molecular flexibility index (Phi) is 8.21. The van der Waals surface area contributed by atoms with E-state index in [0.717, 1.165) is 19.3 Å². The van der Waals surface area contributed by atoms with Crippen LogP contribution in [0.2, 0.25) is 0 Å². The van der Waals surface area contributed by atoms with Crippen molar-refractivity contribution in [3.8, 4) is 0 Å². The number of ether oxygens (including phenoxy) is 1. The summed E-state index contributed by atoms with van der Waals surface area (Å²) < 4.78 is 5.02. The first-order valence-electron chi connectivity index (χ1n) is 9.52. The molecule has 6 nitrogen and oxygen atoms in total. The van der Waals surface area contributed by atoms with Gasteiger partial charge in [-0.25, -0.2) is 4.79 Å². The largest absolute Gasteiger partial charge is 0.462 e. The number of esters is 1.